The third-order valence-electron chi connectivity index (χ3n) is 3.45. The molecule has 0 spiro atoms. The maximum absolute atomic E-state index is 12.1. The van der Waals surface area contributed by atoms with Crippen molar-refractivity contribution in [2.24, 2.45) is 11.7 Å². The molecule has 0 aliphatic carbocycles. The second-order valence-electron chi connectivity index (χ2n) is 5.19. The van der Waals surface area contributed by atoms with E-state index in [1.807, 2.05) is 4.90 Å². The summed E-state index contributed by atoms with van der Waals surface area (Å²) in [6.07, 6.45) is -3.19. The number of nitrogens with two attached hydrogens (primary N) is 1. The standard InChI is InChI=1S/C14H16F3N3O2S/c15-14(16,17)22-11-5-3-10(4-6-11)19-13(23)20-7-1-2-9(8-20)12(18)21/h3-6,9H,1-2,7-8H2,(H2,18,21)(H,19,23)/t9-/m0/s1. The number of nitrogens with one attached hydrogen (secondary N) is 1. The number of piperidine rings is 1. The van der Waals surface area contributed by atoms with Gasteiger partial charge < -0.3 is 20.7 Å². The molecule has 0 unspecified atom stereocenters. The number of benzene rings is 1. The van der Waals surface area contributed by atoms with E-state index in [4.69, 9.17) is 18.0 Å². The normalized spacial score (nSPS) is 18.4. The van der Waals surface area contributed by atoms with E-state index >= 15 is 0 Å². The third kappa shape index (κ3) is 5.27. The Bertz CT molecular complexity index is 578. The van der Waals surface area contributed by atoms with Crippen LogP contribution in [-0.2, 0) is 4.79 Å². The zero-order chi connectivity index (χ0) is 17.0. The predicted octanol–water partition coefficient (Wildman–Crippen LogP) is 2.48. The fraction of sp³-hybridized carbons (Fsp3) is 0.429. The summed E-state index contributed by atoms with van der Waals surface area (Å²) in [6, 6.07) is 5.26. The average molecular weight is 347 g/mol. The summed E-state index contributed by atoms with van der Waals surface area (Å²) in [7, 11) is 0. The van der Waals surface area contributed by atoms with Crippen LogP contribution in [0.4, 0.5) is 18.9 Å². The fourth-order valence-corrected chi connectivity index (χ4v) is 2.62. The van der Waals surface area contributed by atoms with E-state index < -0.39 is 6.36 Å². The number of primary amides is 1. The number of anilines is 1. The molecule has 0 bridgehead atoms. The Morgan fingerprint density at radius 2 is 2.00 bits per heavy atom. The van der Waals surface area contributed by atoms with Gasteiger partial charge in [0.2, 0.25) is 5.91 Å². The molecule has 0 aromatic heterocycles. The molecule has 1 aliphatic heterocycles. The van der Waals surface area contributed by atoms with Gasteiger partial charge in [0.25, 0.3) is 0 Å². The third-order valence-corrected chi connectivity index (χ3v) is 3.81. The van der Waals surface area contributed by atoms with Gasteiger partial charge in [-0.1, -0.05) is 0 Å². The van der Waals surface area contributed by atoms with Crippen molar-refractivity contribution >= 4 is 28.9 Å². The predicted molar refractivity (Wildman–Crippen MR) is 82.8 cm³/mol. The van der Waals surface area contributed by atoms with Crippen molar-refractivity contribution in [3.05, 3.63) is 24.3 Å². The van der Waals surface area contributed by atoms with Crippen LogP contribution in [0.3, 0.4) is 0 Å². The lowest BCUT2D eigenvalue weighted by molar-refractivity contribution is -0.274. The van der Waals surface area contributed by atoms with Crippen LogP contribution < -0.4 is 15.8 Å². The summed E-state index contributed by atoms with van der Waals surface area (Å²) in [6.45, 7) is 1.14. The van der Waals surface area contributed by atoms with Gasteiger partial charge >= 0.3 is 6.36 Å². The summed E-state index contributed by atoms with van der Waals surface area (Å²) in [4.78, 5) is 13.1. The van der Waals surface area contributed by atoms with E-state index in [0.717, 1.165) is 12.8 Å². The number of carbonyl (C=O) groups excluding carboxylic acids is 1. The smallest absolute Gasteiger partial charge is 0.406 e. The second-order valence-corrected chi connectivity index (χ2v) is 5.58. The van der Waals surface area contributed by atoms with Crippen LogP contribution in [0.2, 0.25) is 0 Å². The molecule has 1 saturated heterocycles. The van der Waals surface area contributed by atoms with Crippen LogP contribution >= 0.6 is 12.2 Å². The molecule has 9 heteroatoms. The molecule has 1 fully saturated rings. The van der Waals surface area contributed by atoms with E-state index in [-0.39, 0.29) is 17.6 Å². The minimum atomic E-state index is -4.72. The first-order chi connectivity index (χ1) is 10.7. The molecule has 1 aromatic rings. The highest BCUT2D eigenvalue weighted by atomic mass is 32.1. The highest BCUT2D eigenvalue weighted by Crippen LogP contribution is 2.24. The Hall–Kier alpha value is -2.03. The molecule has 0 radical (unpaired) electrons. The number of rotatable bonds is 3. The Morgan fingerprint density at radius 3 is 2.57 bits per heavy atom. The summed E-state index contributed by atoms with van der Waals surface area (Å²) in [5, 5.41) is 3.33. The van der Waals surface area contributed by atoms with Gasteiger partial charge in [-0.15, -0.1) is 13.2 Å². The largest absolute Gasteiger partial charge is 0.573 e. The number of likely N-dealkylation sites (tertiary alicyclic amines) is 1. The fourth-order valence-electron chi connectivity index (χ4n) is 2.34. The van der Waals surface area contributed by atoms with Crippen LogP contribution in [0, 0.1) is 5.92 Å². The van der Waals surface area contributed by atoms with Crippen LogP contribution in [0.5, 0.6) is 5.75 Å². The van der Waals surface area contributed by atoms with Crippen molar-refractivity contribution < 1.29 is 22.7 Å². The maximum Gasteiger partial charge on any atom is 0.573 e. The van der Waals surface area contributed by atoms with Crippen molar-refractivity contribution in [3.63, 3.8) is 0 Å². The molecule has 2 rings (SSSR count). The minimum absolute atomic E-state index is 0.244. The van der Waals surface area contributed by atoms with E-state index in [2.05, 4.69) is 10.1 Å². The molecule has 1 amide bonds. The second kappa shape index (κ2) is 7.03. The van der Waals surface area contributed by atoms with Crippen molar-refractivity contribution in [2.45, 2.75) is 19.2 Å². The Kier molecular flexibility index (Phi) is 5.30. The summed E-state index contributed by atoms with van der Waals surface area (Å²) < 4.78 is 40.1. The number of hydrogen-bond acceptors (Lipinski definition) is 3. The van der Waals surface area contributed by atoms with Gasteiger partial charge in [-0.25, -0.2) is 0 Å². The van der Waals surface area contributed by atoms with Crippen molar-refractivity contribution in [2.75, 3.05) is 18.4 Å². The lowest BCUT2D eigenvalue weighted by atomic mass is 9.98. The number of hydrogen-bond donors (Lipinski definition) is 2. The number of nitrogens with zero attached hydrogens (tertiary/aromatic N) is 1. The maximum atomic E-state index is 12.1. The summed E-state index contributed by atoms with van der Waals surface area (Å²) in [5.74, 6) is -0.905. The Balaban J connectivity index is 1.93. The van der Waals surface area contributed by atoms with Crippen LogP contribution in [0.15, 0.2) is 24.3 Å². The molecular formula is C14H16F3N3O2S. The molecule has 1 heterocycles. The summed E-state index contributed by atoms with van der Waals surface area (Å²) in [5.41, 5.74) is 5.85. The van der Waals surface area contributed by atoms with Crippen molar-refractivity contribution in [1.29, 1.82) is 0 Å². The monoisotopic (exact) mass is 347 g/mol. The Morgan fingerprint density at radius 1 is 1.35 bits per heavy atom. The number of alkyl halides is 3. The van der Waals surface area contributed by atoms with Crippen molar-refractivity contribution in [1.82, 2.24) is 4.90 Å². The van der Waals surface area contributed by atoms with E-state index in [0.29, 0.717) is 23.9 Å². The van der Waals surface area contributed by atoms with Crippen LogP contribution in [0.25, 0.3) is 0 Å². The molecule has 3 N–H and O–H groups in total. The molecule has 0 saturated carbocycles. The topological polar surface area (TPSA) is 67.6 Å². The highest BCUT2D eigenvalue weighted by Gasteiger charge is 2.31. The molecule has 23 heavy (non-hydrogen) atoms. The van der Waals surface area contributed by atoms with Crippen molar-refractivity contribution in [3.8, 4) is 5.75 Å². The van der Waals surface area contributed by atoms with Crippen LogP contribution in [0.1, 0.15) is 12.8 Å². The minimum Gasteiger partial charge on any atom is -0.406 e. The van der Waals surface area contributed by atoms with Gasteiger partial charge in [0.15, 0.2) is 5.11 Å². The summed E-state index contributed by atoms with van der Waals surface area (Å²) >= 11 is 5.27. The first kappa shape index (κ1) is 17.3. The quantitative estimate of drug-likeness (QED) is 0.823. The van der Waals surface area contributed by atoms with Gasteiger partial charge in [-0.3, -0.25) is 4.79 Å². The number of halogens is 3. The molecule has 5 nitrogen and oxygen atoms in total. The van der Waals surface area contributed by atoms with Gasteiger partial charge in [0.05, 0.1) is 5.92 Å². The lowest BCUT2D eigenvalue weighted by Gasteiger charge is -2.33. The highest BCUT2D eigenvalue weighted by molar-refractivity contribution is 7.80. The van der Waals surface area contributed by atoms with Crippen LogP contribution in [-0.4, -0.2) is 35.4 Å². The lowest BCUT2D eigenvalue weighted by Crippen LogP contribution is -2.45. The zero-order valence-corrected chi connectivity index (χ0v) is 12.9. The molecule has 1 aliphatic rings. The SMILES string of the molecule is NC(=O)[C@H]1CCCN(C(=S)Nc2ccc(OC(F)(F)F)cc2)C1. The van der Waals surface area contributed by atoms with Gasteiger partial charge in [0.1, 0.15) is 5.75 Å². The van der Waals surface area contributed by atoms with Gasteiger partial charge in [-0.2, -0.15) is 0 Å². The molecular weight excluding hydrogens is 331 g/mol. The zero-order valence-electron chi connectivity index (χ0n) is 12.1. The average Bonchev–Trinajstić information content (AvgIpc) is 2.48. The number of ether oxygens (including phenoxy) is 1. The van der Waals surface area contributed by atoms with Gasteiger partial charge in [0, 0.05) is 18.8 Å². The number of carbonyl (C=O) groups is 1. The number of thiocarbonyl (C=S) groups is 1. The number of amides is 1. The first-order valence-electron chi connectivity index (χ1n) is 6.95. The van der Waals surface area contributed by atoms with E-state index in [9.17, 15) is 18.0 Å². The van der Waals surface area contributed by atoms with E-state index in [1.165, 1.54) is 24.3 Å². The molecule has 1 atom stereocenters. The Labute approximate surface area is 136 Å². The van der Waals surface area contributed by atoms with E-state index in [1.54, 1.807) is 0 Å². The van der Waals surface area contributed by atoms with Gasteiger partial charge in [-0.05, 0) is 49.3 Å². The molecule has 126 valence electrons. The molecule has 1 aromatic carbocycles. The first-order valence-corrected chi connectivity index (χ1v) is 7.36.